The van der Waals surface area contributed by atoms with Gasteiger partial charge in [0, 0.05) is 12.6 Å². The Labute approximate surface area is 174 Å². The van der Waals surface area contributed by atoms with Crippen LogP contribution in [0.15, 0.2) is 36.4 Å². The molecule has 11 heteroatoms. The number of carbonyl (C=O) groups is 4. The first-order valence-electron chi connectivity index (χ1n) is 8.88. The predicted octanol–water partition coefficient (Wildman–Crippen LogP) is 2.36. The molecule has 0 spiro atoms. The van der Waals surface area contributed by atoms with Crippen molar-refractivity contribution in [3.63, 3.8) is 0 Å². The summed E-state index contributed by atoms with van der Waals surface area (Å²) in [4.78, 5) is 47.1. The lowest BCUT2D eigenvalue weighted by atomic mass is 10.2. The molecule has 0 heterocycles. The Bertz CT molecular complexity index is 1030. The molecule has 164 valence electrons. The van der Waals surface area contributed by atoms with Crippen LogP contribution in [0.2, 0.25) is 0 Å². The molecular weight excluding hydrogens is 419 g/mol. The molecule has 0 fully saturated rings. The lowest BCUT2D eigenvalue weighted by molar-refractivity contribution is -0.130. The van der Waals surface area contributed by atoms with Crippen LogP contribution in [0.4, 0.5) is 24.5 Å². The second-order valence-electron chi connectivity index (χ2n) is 6.30. The molecule has 0 aliphatic heterocycles. The molecule has 0 saturated heterocycles. The minimum Gasteiger partial charge on any atom is -0.449 e. The van der Waals surface area contributed by atoms with Crippen molar-refractivity contribution in [2.45, 2.75) is 20.0 Å². The van der Waals surface area contributed by atoms with Gasteiger partial charge in [-0.05, 0) is 37.3 Å². The van der Waals surface area contributed by atoms with Gasteiger partial charge >= 0.3 is 5.97 Å². The molecule has 3 N–H and O–H groups in total. The van der Waals surface area contributed by atoms with E-state index in [0.717, 1.165) is 6.07 Å². The van der Waals surface area contributed by atoms with Gasteiger partial charge in [-0.1, -0.05) is 6.07 Å². The van der Waals surface area contributed by atoms with Gasteiger partial charge in [-0.15, -0.1) is 0 Å². The largest absolute Gasteiger partial charge is 0.449 e. The Morgan fingerprint density at radius 2 is 1.71 bits per heavy atom. The molecule has 2 aromatic rings. The van der Waals surface area contributed by atoms with E-state index >= 15 is 0 Å². The summed E-state index contributed by atoms with van der Waals surface area (Å²) in [6.07, 6.45) is -1.29. The van der Waals surface area contributed by atoms with Gasteiger partial charge in [0.05, 0.1) is 17.8 Å². The maximum absolute atomic E-state index is 13.6. The summed E-state index contributed by atoms with van der Waals surface area (Å²) in [5.74, 6) is -7.66. The Balaban J connectivity index is 1.88. The van der Waals surface area contributed by atoms with E-state index in [1.54, 1.807) is 6.07 Å². The van der Waals surface area contributed by atoms with Crippen molar-refractivity contribution in [1.82, 2.24) is 5.32 Å². The first-order chi connectivity index (χ1) is 14.6. The van der Waals surface area contributed by atoms with Crippen molar-refractivity contribution in [1.29, 1.82) is 0 Å². The van der Waals surface area contributed by atoms with Crippen molar-refractivity contribution >= 4 is 35.1 Å². The molecule has 1 atom stereocenters. The zero-order valence-corrected chi connectivity index (χ0v) is 16.4. The normalized spacial score (nSPS) is 11.3. The number of halogens is 3. The molecule has 8 nitrogen and oxygen atoms in total. The second kappa shape index (κ2) is 10.2. The van der Waals surface area contributed by atoms with Crippen LogP contribution < -0.4 is 16.0 Å². The zero-order chi connectivity index (χ0) is 23.1. The van der Waals surface area contributed by atoms with E-state index in [2.05, 4.69) is 10.6 Å². The minimum absolute atomic E-state index is 0.0810. The summed E-state index contributed by atoms with van der Waals surface area (Å²) >= 11 is 0. The maximum atomic E-state index is 13.6. The van der Waals surface area contributed by atoms with E-state index in [0.29, 0.717) is 11.8 Å². The van der Waals surface area contributed by atoms with Gasteiger partial charge in [-0.2, -0.15) is 0 Å². The summed E-state index contributed by atoms with van der Waals surface area (Å²) in [6.45, 7) is 1.92. The third-order valence-corrected chi connectivity index (χ3v) is 3.80. The number of hydrogen-bond acceptors (Lipinski definition) is 5. The van der Waals surface area contributed by atoms with E-state index < -0.39 is 53.6 Å². The zero-order valence-electron chi connectivity index (χ0n) is 16.4. The van der Waals surface area contributed by atoms with Gasteiger partial charge in [-0.3, -0.25) is 14.4 Å². The van der Waals surface area contributed by atoms with E-state index in [1.165, 1.54) is 32.0 Å². The minimum atomic E-state index is -1.75. The van der Waals surface area contributed by atoms with Crippen LogP contribution in [0.1, 0.15) is 24.2 Å². The standard InChI is InChI=1S/C20H18F3N3O5/c1-10(31-20(30)12-4-3-5-13(8-12)25-11(2)27)19(29)24-9-16(28)26-15-7-6-14(21)17(22)18(15)23/h3-8,10H,9H2,1-2H3,(H,24,29)(H,25,27)(H,26,28). The quantitative estimate of drug-likeness (QED) is 0.455. The number of rotatable bonds is 7. The number of hydrogen-bond donors (Lipinski definition) is 3. The monoisotopic (exact) mass is 437 g/mol. The molecule has 0 aromatic heterocycles. The van der Waals surface area contributed by atoms with Gasteiger partial charge in [0.1, 0.15) is 0 Å². The molecule has 0 aliphatic carbocycles. The molecule has 2 rings (SSSR count). The van der Waals surface area contributed by atoms with Gasteiger partial charge in [0.15, 0.2) is 23.6 Å². The molecule has 0 radical (unpaired) electrons. The smallest absolute Gasteiger partial charge is 0.338 e. The molecule has 31 heavy (non-hydrogen) atoms. The summed E-state index contributed by atoms with van der Waals surface area (Å²) in [6, 6.07) is 7.30. The lowest BCUT2D eigenvalue weighted by Gasteiger charge is -2.14. The van der Waals surface area contributed by atoms with E-state index in [1.807, 2.05) is 5.32 Å². The molecule has 0 bridgehead atoms. The molecule has 0 aliphatic rings. The van der Waals surface area contributed by atoms with E-state index in [9.17, 15) is 32.3 Å². The number of benzene rings is 2. The van der Waals surface area contributed by atoms with Crippen molar-refractivity contribution in [3.8, 4) is 0 Å². The highest BCUT2D eigenvalue weighted by Gasteiger charge is 2.20. The second-order valence-corrected chi connectivity index (χ2v) is 6.30. The van der Waals surface area contributed by atoms with Crippen LogP contribution in [0.5, 0.6) is 0 Å². The average molecular weight is 437 g/mol. The first kappa shape index (κ1) is 23.4. The maximum Gasteiger partial charge on any atom is 0.338 e. The van der Waals surface area contributed by atoms with Crippen molar-refractivity contribution in [2.24, 2.45) is 0 Å². The molecule has 0 saturated carbocycles. The number of amides is 3. The summed E-state index contributed by atoms with van der Waals surface area (Å²) in [5.41, 5.74) is -0.158. The fourth-order valence-electron chi connectivity index (χ4n) is 2.34. The number of carbonyl (C=O) groups excluding carboxylic acids is 4. The number of ether oxygens (including phenoxy) is 1. The third kappa shape index (κ3) is 6.56. The average Bonchev–Trinajstić information content (AvgIpc) is 2.72. The topological polar surface area (TPSA) is 114 Å². The summed E-state index contributed by atoms with van der Waals surface area (Å²) < 4.78 is 44.6. The Morgan fingerprint density at radius 1 is 1.00 bits per heavy atom. The lowest BCUT2D eigenvalue weighted by Crippen LogP contribution is -2.40. The van der Waals surface area contributed by atoms with Crippen LogP contribution in [0.25, 0.3) is 0 Å². The number of nitrogens with one attached hydrogen (secondary N) is 3. The summed E-state index contributed by atoms with van der Waals surface area (Å²) in [7, 11) is 0. The SMILES string of the molecule is CC(=O)Nc1cccc(C(=O)OC(C)C(=O)NCC(=O)Nc2ccc(F)c(F)c2F)c1. The highest BCUT2D eigenvalue weighted by atomic mass is 19.2. The van der Waals surface area contributed by atoms with Crippen molar-refractivity contribution in [3.05, 3.63) is 59.4 Å². The van der Waals surface area contributed by atoms with Crippen molar-refractivity contribution < 1.29 is 37.1 Å². The molecule has 1 unspecified atom stereocenters. The summed E-state index contributed by atoms with van der Waals surface area (Å²) in [5, 5.41) is 6.65. The van der Waals surface area contributed by atoms with Gasteiger partial charge in [-0.25, -0.2) is 18.0 Å². The highest BCUT2D eigenvalue weighted by Crippen LogP contribution is 2.19. The van der Waals surface area contributed by atoms with E-state index in [-0.39, 0.29) is 11.5 Å². The Morgan fingerprint density at radius 3 is 2.39 bits per heavy atom. The van der Waals surface area contributed by atoms with Crippen LogP contribution in [0, 0.1) is 17.5 Å². The van der Waals surface area contributed by atoms with Crippen LogP contribution in [-0.4, -0.2) is 36.3 Å². The first-order valence-corrected chi connectivity index (χ1v) is 8.88. The fraction of sp³-hybridized carbons (Fsp3) is 0.200. The predicted molar refractivity (Wildman–Crippen MR) is 104 cm³/mol. The Kier molecular flexibility index (Phi) is 7.72. The van der Waals surface area contributed by atoms with Gasteiger partial charge < -0.3 is 20.7 Å². The molecular formula is C20H18F3N3O5. The van der Waals surface area contributed by atoms with Gasteiger partial charge in [0.2, 0.25) is 11.8 Å². The van der Waals surface area contributed by atoms with Gasteiger partial charge in [0.25, 0.3) is 5.91 Å². The fourth-order valence-corrected chi connectivity index (χ4v) is 2.34. The van der Waals surface area contributed by atoms with Crippen molar-refractivity contribution in [2.75, 3.05) is 17.2 Å². The molecule has 3 amide bonds. The Hall–Kier alpha value is -3.89. The highest BCUT2D eigenvalue weighted by molar-refractivity contribution is 5.97. The van der Waals surface area contributed by atoms with Crippen LogP contribution in [-0.2, 0) is 19.1 Å². The molecule has 2 aromatic carbocycles. The van der Waals surface area contributed by atoms with Crippen LogP contribution >= 0.6 is 0 Å². The third-order valence-electron chi connectivity index (χ3n) is 3.80. The number of anilines is 2. The van der Waals surface area contributed by atoms with Crippen LogP contribution in [0.3, 0.4) is 0 Å². The number of esters is 1. The van der Waals surface area contributed by atoms with E-state index in [4.69, 9.17) is 4.74 Å².